The van der Waals surface area contributed by atoms with Gasteiger partial charge in [0.05, 0.1) is 0 Å². The minimum absolute atomic E-state index is 0.609. The monoisotopic (exact) mass is 251 g/mol. The Morgan fingerprint density at radius 2 is 1.58 bits per heavy atom. The number of nitrogens with zero attached hydrogens (tertiary/aromatic N) is 3. The molecule has 0 aliphatic carbocycles. The molecule has 1 heterocycles. The lowest BCUT2D eigenvalue weighted by atomic mass is 10.1. The topological polar surface area (TPSA) is 82.8 Å². The Hall–Kier alpha value is -2.82. The van der Waals surface area contributed by atoms with E-state index in [0.29, 0.717) is 17.2 Å². The number of benzene rings is 2. The zero-order valence-electron chi connectivity index (χ0n) is 10.2. The summed E-state index contributed by atoms with van der Waals surface area (Å²) < 4.78 is 1.90. The maximum Gasteiger partial charge on any atom is 0.168 e. The number of nitrogens with two attached hydrogens (primary N) is 2. The highest BCUT2D eigenvalue weighted by atomic mass is 15.3. The summed E-state index contributed by atoms with van der Waals surface area (Å²) in [5.74, 6) is 0.713. The normalized spacial score (nSPS) is 10.5. The van der Waals surface area contributed by atoms with Gasteiger partial charge in [-0.05, 0) is 30.3 Å². The largest absolute Gasteiger partial charge is 0.399 e. The summed E-state index contributed by atoms with van der Waals surface area (Å²) in [6.45, 7) is 0. The average molecular weight is 251 g/mol. The molecule has 0 fully saturated rings. The van der Waals surface area contributed by atoms with Crippen molar-refractivity contribution in [3.8, 4) is 17.1 Å². The molecule has 0 aliphatic rings. The fraction of sp³-hybridized carbons (Fsp3) is 0. The van der Waals surface area contributed by atoms with Crippen LogP contribution in [-0.2, 0) is 0 Å². The van der Waals surface area contributed by atoms with E-state index in [1.54, 1.807) is 12.4 Å². The van der Waals surface area contributed by atoms with Crippen molar-refractivity contribution >= 4 is 11.4 Å². The van der Waals surface area contributed by atoms with E-state index >= 15 is 0 Å². The minimum atomic E-state index is 0.609. The molecule has 5 heteroatoms. The first kappa shape index (κ1) is 11.3. The highest BCUT2D eigenvalue weighted by Crippen LogP contribution is 2.24. The molecule has 0 bridgehead atoms. The lowest BCUT2D eigenvalue weighted by Crippen LogP contribution is -1.98. The Bertz CT molecular complexity index is 683. The van der Waals surface area contributed by atoms with Gasteiger partial charge in [-0.15, -0.1) is 10.2 Å². The molecule has 0 spiro atoms. The maximum atomic E-state index is 5.82. The Labute approximate surface area is 110 Å². The van der Waals surface area contributed by atoms with Gasteiger partial charge in [-0.3, -0.25) is 4.57 Å². The van der Waals surface area contributed by atoms with Crippen molar-refractivity contribution in [2.45, 2.75) is 0 Å². The molecule has 0 atom stereocenters. The Morgan fingerprint density at radius 1 is 0.895 bits per heavy atom. The van der Waals surface area contributed by atoms with Crippen LogP contribution in [-0.4, -0.2) is 14.8 Å². The Morgan fingerprint density at radius 3 is 2.26 bits per heavy atom. The predicted molar refractivity (Wildman–Crippen MR) is 75.6 cm³/mol. The van der Waals surface area contributed by atoms with E-state index in [4.69, 9.17) is 11.5 Å². The summed E-state index contributed by atoms with van der Waals surface area (Å²) in [4.78, 5) is 0. The van der Waals surface area contributed by atoms with Crippen LogP contribution in [0.2, 0.25) is 0 Å². The van der Waals surface area contributed by atoms with Crippen LogP contribution in [0.4, 0.5) is 11.4 Å². The zero-order chi connectivity index (χ0) is 13.2. The molecule has 1 aromatic heterocycles. The van der Waals surface area contributed by atoms with Crippen molar-refractivity contribution in [2.24, 2.45) is 0 Å². The Balaban J connectivity index is 2.15. The van der Waals surface area contributed by atoms with E-state index in [2.05, 4.69) is 10.2 Å². The molecule has 0 saturated heterocycles. The van der Waals surface area contributed by atoms with Crippen molar-refractivity contribution in [1.29, 1.82) is 0 Å². The van der Waals surface area contributed by atoms with Gasteiger partial charge in [0, 0.05) is 22.6 Å². The van der Waals surface area contributed by atoms with E-state index in [1.165, 1.54) is 0 Å². The van der Waals surface area contributed by atoms with Crippen LogP contribution in [0.1, 0.15) is 0 Å². The minimum Gasteiger partial charge on any atom is -0.399 e. The molecule has 4 N–H and O–H groups in total. The smallest absolute Gasteiger partial charge is 0.168 e. The van der Waals surface area contributed by atoms with Gasteiger partial charge >= 0.3 is 0 Å². The fourth-order valence-corrected chi connectivity index (χ4v) is 2.02. The van der Waals surface area contributed by atoms with E-state index < -0.39 is 0 Å². The number of hydrogen-bond acceptors (Lipinski definition) is 4. The van der Waals surface area contributed by atoms with E-state index in [9.17, 15) is 0 Å². The van der Waals surface area contributed by atoms with Gasteiger partial charge in [0.1, 0.15) is 6.33 Å². The van der Waals surface area contributed by atoms with Crippen LogP contribution in [0.15, 0.2) is 54.9 Å². The SMILES string of the molecule is Nc1cc(N)cc(-c2nncn2-c2ccccc2)c1. The molecule has 19 heavy (non-hydrogen) atoms. The first-order chi connectivity index (χ1) is 9.24. The second-order valence-electron chi connectivity index (χ2n) is 4.25. The molecule has 0 amide bonds. The fourth-order valence-electron chi connectivity index (χ4n) is 2.02. The van der Waals surface area contributed by atoms with Crippen LogP contribution in [0.5, 0.6) is 0 Å². The lowest BCUT2D eigenvalue weighted by molar-refractivity contribution is 1.06. The van der Waals surface area contributed by atoms with Gasteiger partial charge in [0.2, 0.25) is 0 Å². The number of hydrogen-bond donors (Lipinski definition) is 2. The molecule has 94 valence electrons. The van der Waals surface area contributed by atoms with Crippen LogP contribution in [0, 0.1) is 0 Å². The van der Waals surface area contributed by atoms with Gasteiger partial charge in [-0.25, -0.2) is 0 Å². The third kappa shape index (κ3) is 2.13. The van der Waals surface area contributed by atoms with E-state index in [0.717, 1.165) is 11.3 Å². The van der Waals surface area contributed by atoms with Gasteiger partial charge in [0.15, 0.2) is 5.82 Å². The lowest BCUT2D eigenvalue weighted by Gasteiger charge is -2.07. The molecule has 5 nitrogen and oxygen atoms in total. The Kier molecular flexibility index (Phi) is 2.64. The number of aromatic nitrogens is 3. The second kappa shape index (κ2) is 4.45. The van der Waals surface area contributed by atoms with Crippen molar-refractivity contribution in [3.63, 3.8) is 0 Å². The van der Waals surface area contributed by atoms with Crippen molar-refractivity contribution < 1.29 is 0 Å². The van der Waals surface area contributed by atoms with Crippen molar-refractivity contribution in [2.75, 3.05) is 11.5 Å². The molecule has 0 unspecified atom stereocenters. The van der Waals surface area contributed by atoms with Crippen LogP contribution < -0.4 is 11.5 Å². The number of rotatable bonds is 2. The summed E-state index contributed by atoms with van der Waals surface area (Å²) in [5.41, 5.74) is 14.7. The zero-order valence-corrected chi connectivity index (χ0v) is 10.2. The highest BCUT2D eigenvalue weighted by Gasteiger charge is 2.09. The summed E-state index contributed by atoms with van der Waals surface area (Å²) in [5, 5.41) is 8.11. The van der Waals surface area contributed by atoms with Crippen LogP contribution >= 0.6 is 0 Å². The standard InChI is InChI=1S/C14H13N5/c15-11-6-10(7-12(16)8-11)14-18-17-9-19(14)13-4-2-1-3-5-13/h1-9H,15-16H2. The van der Waals surface area contributed by atoms with Crippen molar-refractivity contribution in [3.05, 3.63) is 54.9 Å². The first-order valence-corrected chi connectivity index (χ1v) is 5.86. The number of nitrogen functional groups attached to an aromatic ring is 2. The van der Waals surface area contributed by atoms with Crippen LogP contribution in [0.25, 0.3) is 17.1 Å². The highest BCUT2D eigenvalue weighted by molar-refractivity contribution is 5.69. The summed E-state index contributed by atoms with van der Waals surface area (Å²) in [7, 11) is 0. The molecule has 0 aliphatic heterocycles. The second-order valence-corrected chi connectivity index (χ2v) is 4.25. The third-order valence-electron chi connectivity index (χ3n) is 2.82. The molecule has 2 aromatic carbocycles. The number of para-hydroxylation sites is 1. The molecule has 3 rings (SSSR count). The van der Waals surface area contributed by atoms with E-state index in [1.807, 2.05) is 47.0 Å². The van der Waals surface area contributed by atoms with Crippen molar-refractivity contribution in [1.82, 2.24) is 14.8 Å². The summed E-state index contributed by atoms with van der Waals surface area (Å²) in [6, 6.07) is 15.3. The van der Waals surface area contributed by atoms with Gasteiger partial charge < -0.3 is 11.5 Å². The molecule has 0 radical (unpaired) electrons. The quantitative estimate of drug-likeness (QED) is 0.683. The van der Waals surface area contributed by atoms with E-state index in [-0.39, 0.29) is 0 Å². The molecule has 0 saturated carbocycles. The predicted octanol–water partition coefficient (Wildman–Crippen LogP) is 2.10. The third-order valence-corrected chi connectivity index (χ3v) is 2.82. The summed E-state index contributed by atoms with van der Waals surface area (Å²) >= 11 is 0. The number of anilines is 2. The van der Waals surface area contributed by atoms with Gasteiger partial charge in [-0.2, -0.15) is 0 Å². The average Bonchev–Trinajstić information content (AvgIpc) is 2.88. The first-order valence-electron chi connectivity index (χ1n) is 5.86. The maximum absolute atomic E-state index is 5.82. The molecule has 3 aromatic rings. The van der Waals surface area contributed by atoms with Gasteiger partial charge in [0.25, 0.3) is 0 Å². The van der Waals surface area contributed by atoms with Crippen LogP contribution in [0.3, 0.4) is 0 Å². The molecular weight excluding hydrogens is 238 g/mol. The van der Waals surface area contributed by atoms with Gasteiger partial charge in [-0.1, -0.05) is 18.2 Å². The molecular formula is C14H13N5. The summed E-state index contributed by atoms with van der Waals surface area (Å²) in [6.07, 6.45) is 1.67.